The normalized spacial score (nSPS) is 31.5. The Bertz CT molecular complexity index is 695. The molecular weight excluding hydrogens is 308 g/mol. The van der Waals surface area contributed by atoms with E-state index >= 15 is 0 Å². The summed E-state index contributed by atoms with van der Waals surface area (Å²) in [6.07, 6.45) is 3.66. The van der Waals surface area contributed by atoms with Crippen LogP contribution >= 0.6 is 0 Å². The first-order valence-corrected chi connectivity index (χ1v) is 8.36. The van der Waals surface area contributed by atoms with Gasteiger partial charge in [0.25, 0.3) is 0 Å². The summed E-state index contributed by atoms with van der Waals surface area (Å²) in [5.41, 5.74) is 1.33. The van der Waals surface area contributed by atoms with Crippen molar-refractivity contribution in [1.29, 1.82) is 0 Å². The Morgan fingerprint density at radius 2 is 2.08 bits per heavy atom. The smallest absolute Gasteiger partial charge is 0.310 e. The minimum absolute atomic E-state index is 0.0597. The molecule has 0 saturated heterocycles. The third-order valence-electron chi connectivity index (χ3n) is 5.85. The van der Waals surface area contributed by atoms with E-state index in [0.29, 0.717) is 12.2 Å². The minimum Gasteiger partial charge on any atom is -0.481 e. The number of carboxylic acid groups (broad SMARTS) is 1. The van der Waals surface area contributed by atoms with Gasteiger partial charge < -0.3 is 14.6 Å². The van der Waals surface area contributed by atoms with Crippen LogP contribution in [0, 0.1) is 17.3 Å². The first kappa shape index (κ1) is 16.7. The first-order chi connectivity index (χ1) is 11.4. The summed E-state index contributed by atoms with van der Waals surface area (Å²) >= 11 is 0. The van der Waals surface area contributed by atoms with E-state index in [9.17, 15) is 19.5 Å². The van der Waals surface area contributed by atoms with Gasteiger partial charge in [0, 0.05) is 12.8 Å². The van der Waals surface area contributed by atoms with Gasteiger partial charge in [-0.25, -0.2) is 0 Å². The molecule has 2 aliphatic carbocycles. The number of hydrogen-bond donors (Lipinski definition) is 1. The summed E-state index contributed by atoms with van der Waals surface area (Å²) in [6.45, 7) is 3.07. The van der Waals surface area contributed by atoms with Crippen molar-refractivity contribution in [2.45, 2.75) is 45.4 Å². The van der Waals surface area contributed by atoms with Gasteiger partial charge in [0.15, 0.2) is 0 Å². The molecule has 0 spiro atoms. The first-order valence-electron chi connectivity index (χ1n) is 8.36. The van der Waals surface area contributed by atoms with Gasteiger partial charge in [0.1, 0.15) is 12.0 Å². The highest BCUT2D eigenvalue weighted by atomic mass is 16.5. The number of benzene rings is 1. The average Bonchev–Trinajstić information content (AvgIpc) is 2.53. The third-order valence-corrected chi connectivity index (χ3v) is 5.85. The van der Waals surface area contributed by atoms with E-state index in [-0.39, 0.29) is 17.8 Å². The maximum atomic E-state index is 11.7. The van der Waals surface area contributed by atoms with Gasteiger partial charge in [0.2, 0.25) is 0 Å². The number of aryl methyl sites for hydroxylation is 1. The predicted molar refractivity (Wildman–Crippen MR) is 86.8 cm³/mol. The van der Waals surface area contributed by atoms with Crippen molar-refractivity contribution >= 4 is 18.2 Å². The molecule has 0 amide bonds. The number of carbonyl (C=O) groups is 3. The highest BCUT2D eigenvalue weighted by molar-refractivity contribution is 5.79. The number of fused-ring (bicyclic) bond motifs is 3. The van der Waals surface area contributed by atoms with Crippen LogP contribution in [-0.4, -0.2) is 23.3 Å². The number of hydrogen-bond acceptors (Lipinski definition) is 4. The summed E-state index contributed by atoms with van der Waals surface area (Å²) in [7, 11) is 0. The molecule has 4 atom stereocenters. The number of ether oxygens (including phenoxy) is 1. The van der Waals surface area contributed by atoms with E-state index in [1.165, 1.54) is 12.5 Å². The van der Waals surface area contributed by atoms with Crippen LogP contribution in [0.25, 0.3) is 0 Å². The van der Waals surface area contributed by atoms with Gasteiger partial charge in [-0.1, -0.05) is 6.07 Å². The Hall–Kier alpha value is -2.17. The summed E-state index contributed by atoms with van der Waals surface area (Å²) in [6, 6.07) is 5.65. The fraction of sp³-hybridized carbons (Fsp3) is 0.526. The molecule has 0 heterocycles. The molecule has 0 radical (unpaired) electrons. The molecule has 1 N–H and O–H groups in total. The molecule has 1 saturated carbocycles. The topological polar surface area (TPSA) is 80.7 Å². The molecule has 24 heavy (non-hydrogen) atoms. The monoisotopic (exact) mass is 330 g/mol. The quantitative estimate of drug-likeness (QED) is 0.523. The van der Waals surface area contributed by atoms with Crippen molar-refractivity contribution in [2.75, 3.05) is 0 Å². The standard InChI is InChI=1S/C19H22O5/c1-11(21)24-13-4-6-14-12(9-13)3-5-16-15(14)7-8-19(2,18(22)23)17(16)10-20/h4,6,9-10,15-17H,3,5,7-8H2,1-2H3,(H,22,23)/t15?,16?,17-,19?/m0/s1. The fourth-order valence-corrected chi connectivity index (χ4v) is 4.54. The zero-order valence-corrected chi connectivity index (χ0v) is 14.0. The largest absolute Gasteiger partial charge is 0.481 e. The summed E-state index contributed by atoms with van der Waals surface area (Å²) in [5, 5.41) is 9.60. The lowest BCUT2D eigenvalue weighted by Crippen LogP contribution is -2.47. The summed E-state index contributed by atoms with van der Waals surface area (Å²) in [4.78, 5) is 34.5. The zero-order chi connectivity index (χ0) is 17.5. The summed E-state index contributed by atoms with van der Waals surface area (Å²) in [5.74, 6) is -0.895. The second kappa shape index (κ2) is 6.04. The van der Waals surface area contributed by atoms with Crippen molar-refractivity contribution in [2.24, 2.45) is 17.3 Å². The lowest BCUT2D eigenvalue weighted by atomic mass is 9.55. The molecule has 1 fully saturated rings. The van der Waals surface area contributed by atoms with Gasteiger partial charge in [0.05, 0.1) is 5.41 Å². The molecule has 5 nitrogen and oxygen atoms in total. The molecule has 3 rings (SSSR count). The van der Waals surface area contributed by atoms with Crippen molar-refractivity contribution in [1.82, 2.24) is 0 Å². The lowest BCUT2D eigenvalue weighted by Gasteiger charge is -2.47. The second-order valence-corrected chi connectivity index (χ2v) is 7.19. The third kappa shape index (κ3) is 2.62. The van der Waals surface area contributed by atoms with Gasteiger partial charge in [-0.15, -0.1) is 0 Å². The molecule has 0 aliphatic heterocycles. The minimum atomic E-state index is -0.974. The number of aliphatic carboxylic acids is 1. The second-order valence-electron chi connectivity index (χ2n) is 7.19. The molecule has 0 bridgehead atoms. The highest BCUT2D eigenvalue weighted by Gasteiger charge is 2.52. The Labute approximate surface area is 141 Å². The van der Waals surface area contributed by atoms with E-state index < -0.39 is 17.3 Å². The maximum absolute atomic E-state index is 11.7. The van der Waals surface area contributed by atoms with Gasteiger partial charge in [-0.3, -0.25) is 9.59 Å². The zero-order valence-electron chi connectivity index (χ0n) is 14.0. The van der Waals surface area contributed by atoms with E-state index in [1.54, 1.807) is 13.0 Å². The summed E-state index contributed by atoms with van der Waals surface area (Å²) < 4.78 is 5.15. The lowest BCUT2D eigenvalue weighted by molar-refractivity contribution is -0.158. The van der Waals surface area contributed by atoms with Gasteiger partial charge >= 0.3 is 11.9 Å². The molecule has 5 heteroatoms. The molecule has 3 unspecified atom stereocenters. The van der Waals surface area contributed by atoms with Crippen LogP contribution < -0.4 is 4.74 Å². The van der Waals surface area contributed by atoms with Crippen molar-refractivity contribution < 1.29 is 24.2 Å². The SMILES string of the molecule is CC(=O)Oc1ccc2c(c1)CCC1C2CCC(C)(C(=O)O)[C@H]1C=O. The Kier molecular flexibility index (Phi) is 4.20. The number of carboxylic acids is 1. The molecule has 128 valence electrons. The maximum Gasteiger partial charge on any atom is 0.310 e. The highest BCUT2D eigenvalue weighted by Crippen LogP contribution is 2.54. The molecule has 0 aromatic heterocycles. The van der Waals surface area contributed by atoms with Gasteiger partial charge in [-0.05, 0) is 67.7 Å². The number of rotatable bonds is 3. The molecular formula is C19H22O5. The molecule has 1 aromatic carbocycles. The van der Waals surface area contributed by atoms with E-state index in [2.05, 4.69) is 0 Å². The van der Waals surface area contributed by atoms with E-state index in [1.807, 2.05) is 12.1 Å². The predicted octanol–water partition coefficient (Wildman–Crippen LogP) is 2.96. The molecule has 1 aromatic rings. The fourth-order valence-electron chi connectivity index (χ4n) is 4.54. The van der Waals surface area contributed by atoms with E-state index in [4.69, 9.17) is 4.74 Å². The van der Waals surface area contributed by atoms with Crippen LogP contribution in [0.4, 0.5) is 0 Å². The van der Waals surface area contributed by atoms with Crippen LogP contribution in [0.3, 0.4) is 0 Å². The van der Waals surface area contributed by atoms with Crippen LogP contribution in [0.15, 0.2) is 18.2 Å². The van der Waals surface area contributed by atoms with Crippen molar-refractivity contribution in [3.05, 3.63) is 29.3 Å². The Morgan fingerprint density at radius 3 is 2.71 bits per heavy atom. The number of esters is 1. The Balaban J connectivity index is 1.93. The molecule has 2 aliphatic rings. The van der Waals surface area contributed by atoms with Crippen LogP contribution in [0.1, 0.15) is 50.2 Å². The van der Waals surface area contributed by atoms with Gasteiger partial charge in [-0.2, -0.15) is 0 Å². The number of aldehydes is 1. The number of carbonyl (C=O) groups excluding carboxylic acids is 2. The van der Waals surface area contributed by atoms with E-state index in [0.717, 1.165) is 31.1 Å². The van der Waals surface area contributed by atoms with Crippen LogP contribution in [0.2, 0.25) is 0 Å². The van der Waals surface area contributed by atoms with Crippen LogP contribution in [-0.2, 0) is 20.8 Å². The average molecular weight is 330 g/mol. The van der Waals surface area contributed by atoms with Crippen molar-refractivity contribution in [3.63, 3.8) is 0 Å². The van der Waals surface area contributed by atoms with Crippen molar-refractivity contribution in [3.8, 4) is 5.75 Å². The van der Waals surface area contributed by atoms with Crippen LogP contribution in [0.5, 0.6) is 5.75 Å². The Morgan fingerprint density at radius 1 is 1.33 bits per heavy atom.